The molecule has 0 amide bonds. The van der Waals surface area contributed by atoms with Crippen molar-refractivity contribution in [2.75, 3.05) is 20.2 Å². The van der Waals surface area contributed by atoms with E-state index in [1.165, 1.54) is 0 Å². The van der Waals surface area contributed by atoms with Gasteiger partial charge in [0.1, 0.15) is 11.9 Å². The van der Waals surface area contributed by atoms with Crippen molar-refractivity contribution in [3.8, 4) is 11.5 Å². The van der Waals surface area contributed by atoms with E-state index in [1.807, 2.05) is 38.1 Å². The summed E-state index contributed by atoms with van der Waals surface area (Å²) in [5.74, 6) is 3.10. The van der Waals surface area contributed by atoms with Crippen LogP contribution in [-0.2, 0) is 19.4 Å². The number of hydrogen-bond acceptors (Lipinski definition) is 5. The molecule has 2 rings (SSSR count). The minimum Gasteiger partial charge on any atom is -0.493 e. The summed E-state index contributed by atoms with van der Waals surface area (Å²) in [6, 6.07) is 7.64. The Kier molecular flexibility index (Phi) is 11.5. The third-order valence-electron chi connectivity index (χ3n) is 4.30. The molecule has 1 aromatic heterocycles. The first kappa shape index (κ1) is 25.1. The number of rotatable bonds is 10. The van der Waals surface area contributed by atoms with E-state index >= 15 is 0 Å². The van der Waals surface area contributed by atoms with Gasteiger partial charge >= 0.3 is 0 Å². The van der Waals surface area contributed by atoms with Gasteiger partial charge in [0.15, 0.2) is 17.5 Å². The van der Waals surface area contributed by atoms with Gasteiger partial charge in [0.2, 0.25) is 0 Å². The lowest BCUT2D eigenvalue weighted by Crippen LogP contribution is -2.41. The second kappa shape index (κ2) is 13.3. The van der Waals surface area contributed by atoms with Crippen molar-refractivity contribution < 1.29 is 14.0 Å². The lowest BCUT2D eigenvalue weighted by atomic mass is 10.1. The lowest BCUT2D eigenvalue weighted by molar-refractivity contribution is 0.213. The van der Waals surface area contributed by atoms with Crippen molar-refractivity contribution in [1.29, 1.82) is 0 Å². The summed E-state index contributed by atoms with van der Waals surface area (Å²) in [6.07, 6.45) is 1.58. The molecule has 0 fully saturated rings. The monoisotopic (exact) mass is 516 g/mol. The van der Waals surface area contributed by atoms with Crippen molar-refractivity contribution in [3.63, 3.8) is 0 Å². The Labute approximate surface area is 190 Å². The Morgan fingerprint density at radius 2 is 1.86 bits per heavy atom. The van der Waals surface area contributed by atoms with E-state index in [2.05, 4.69) is 29.6 Å². The Balaban J connectivity index is 0.00000420. The van der Waals surface area contributed by atoms with Crippen LogP contribution in [0.5, 0.6) is 11.5 Å². The van der Waals surface area contributed by atoms with Crippen LogP contribution in [-0.4, -0.2) is 37.4 Å². The summed E-state index contributed by atoms with van der Waals surface area (Å²) in [5.41, 5.74) is 2.06. The number of ether oxygens (including phenoxy) is 2. The molecular formula is C21H33IN4O3. The number of guanidine groups is 1. The third-order valence-corrected chi connectivity index (χ3v) is 4.30. The maximum Gasteiger partial charge on any atom is 0.191 e. The van der Waals surface area contributed by atoms with Crippen molar-refractivity contribution in [3.05, 3.63) is 41.3 Å². The topological polar surface area (TPSA) is 80.9 Å². The fourth-order valence-electron chi connectivity index (χ4n) is 2.83. The van der Waals surface area contributed by atoms with Crippen molar-refractivity contribution in [1.82, 2.24) is 15.8 Å². The van der Waals surface area contributed by atoms with Crippen LogP contribution in [0.1, 0.15) is 44.7 Å². The minimum absolute atomic E-state index is 0. The zero-order chi connectivity index (χ0) is 20.4. The van der Waals surface area contributed by atoms with Gasteiger partial charge in [0.25, 0.3) is 0 Å². The van der Waals surface area contributed by atoms with E-state index in [0.717, 1.165) is 53.9 Å². The van der Waals surface area contributed by atoms with Crippen LogP contribution in [0.2, 0.25) is 0 Å². The number of hydrogen-bond donors (Lipinski definition) is 2. The molecule has 1 aromatic carbocycles. The van der Waals surface area contributed by atoms with Gasteiger partial charge in [-0.05, 0) is 32.4 Å². The third kappa shape index (κ3) is 7.41. The average molecular weight is 516 g/mol. The fourth-order valence-corrected chi connectivity index (χ4v) is 2.83. The van der Waals surface area contributed by atoms with E-state index in [9.17, 15) is 0 Å². The molecular weight excluding hydrogens is 483 g/mol. The molecule has 162 valence electrons. The molecule has 0 radical (unpaired) electrons. The molecule has 0 saturated carbocycles. The zero-order valence-corrected chi connectivity index (χ0v) is 20.3. The molecule has 0 aliphatic carbocycles. The molecule has 8 heteroatoms. The highest BCUT2D eigenvalue weighted by molar-refractivity contribution is 14.0. The summed E-state index contributed by atoms with van der Waals surface area (Å²) in [4.78, 5) is 4.70. The van der Waals surface area contributed by atoms with Crippen LogP contribution in [0, 0.1) is 0 Å². The van der Waals surface area contributed by atoms with Gasteiger partial charge in [-0.1, -0.05) is 31.1 Å². The van der Waals surface area contributed by atoms with Gasteiger partial charge in [-0.25, -0.2) is 4.99 Å². The minimum atomic E-state index is -0.0619. The van der Waals surface area contributed by atoms with Crippen LogP contribution >= 0.6 is 24.0 Å². The molecule has 0 aliphatic heterocycles. The van der Waals surface area contributed by atoms with Gasteiger partial charge < -0.3 is 24.6 Å². The van der Waals surface area contributed by atoms with E-state index in [-0.39, 0.29) is 30.1 Å². The van der Waals surface area contributed by atoms with Gasteiger partial charge in [0.05, 0.1) is 25.9 Å². The number of para-hydroxylation sites is 2. The Bertz CT molecular complexity index is 743. The van der Waals surface area contributed by atoms with E-state index < -0.39 is 0 Å². The second-order valence-corrected chi connectivity index (χ2v) is 6.39. The number of nitrogens with zero attached hydrogens (tertiary/aromatic N) is 2. The van der Waals surface area contributed by atoms with E-state index in [4.69, 9.17) is 19.0 Å². The quantitative estimate of drug-likeness (QED) is 0.283. The van der Waals surface area contributed by atoms with Gasteiger partial charge in [-0.2, -0.15) is 0 Å². The van der Waals surface area contributed by atoms with Crippen molar-refractivity contribution >= 4 is 29.9 Å². The van der Waals surface area contributed by atoms with Crippen LogP contribution in [0.25, 0.3) is 0 Å². The number of halogens is 1. The largest absolute Gasteiger partial charge is 0.493 e. The Morgan fingerprint density at radius 1 is 1.14 bits per heavy atom. The molecule has 1 atom stereocenters. The zero-order valence-electron chi connectivity index (χ0n) is 17.9. The summed E-state index contributed by atoms with van der Waals surface area (Å²) in [5, 5.41) is 10.8. The van der Waals surface area contributed by atoms with Crippen LogP contribution in [0.3, 0.4) is 0 Å². The van der Waals surface area contributed by atoms with Crippen LogP contribution in [0.15, 0.2) is 33.8 Å². The van der Waals surface area contributed by atoms with E-state index in [0.29, 0.717) is 13.1 Å². The Hall–Kier alpha value is -1.97. The summed E-state index contributed by atoms with van der Waals surface area (Å²) < 4.78 is 16.8. The predicted molar refractivity (Wildman–Crippen MR) is 127 cm³/mol. The predicted octanol–water partition coefficient (Wildman–Crippen LogP) is 3.95. The molecule has 0 bridgehead atoms. The highest BCUT2D eigenvalue weighted by Crippen LogP contribution is 2.26. The number of aryl methyl sites for hydroxylation is 2. The highest BCUT2D eigenvalue weighted by Gasteiger charge is 2.14. The second-order valence-electron chi connectivity index (χ2n) is 6.39. The van der Waals surface area contributed by atoms with Gasteiger partial charge in [-0.15, -0.1) is 24.0 Å². The first-order valence-electron chi connectivity index (χ1n) is 9.90. The maximum atomic E-state index is 5.99. The summed E-state index contributed by atoms with van der Waals surface area (Å²) >= 11 is 0. The summed E-state index contributed by atoms with van der Waals surface area (Å²) in [7, 11) is 1.64. The van der Waals surface area contributed by atoms with Crippen molar-refractivity contribution in [2.24, 2.45) is 4.99 Å². The molecule has 0 spiro atoms. The maximum absolute atomic E-state index is 5.99. The number of aromatic nitrogens is 1. The molecule has 1 heterocycles. The number of benzene rings is 1. The molecule has 7 nitrogen and oxygen atoms in total. The van der Waals surface area contributed by atoms with Gasteiger partial charge in [-0.3, -0.25) is 0 Å². The molecule has 29 heavy (non-hydrogen) atoms. The average Bonchev–Trinajstić information content (AvgIpc) is 3.12. The molecule has 2 aromatic rings. The number of nitrogens with one attached hydrogen (secondary N) is 2. The molecule has 2 N–H and O–H groups in total. The standard InChI is InChI=1S/C21H32N4O3.HI/c1-6-17-16(18(7-2)28-25-17)14-24-21(22-8-3)23-13-15(4)27-20-12-10-9-11-19(20)26-5;/h9-12,15H,6-8,13-14H2,1-5H3,(H2,22,23,24);1H. The highest BCUT2D eigenvalue weighted by atomic mass is 127. The first-order chi connectivity index (χ1) is 13.6. The SMILES string of the molecule is CCNC(=NCc1c(CC)noc1CC)NCC(C)Oc1ccccc1OC.I. The van der Waals surface area contributed by atoms with Gasteiger partial charge in [0, 0.05) is 18.5 Å². The number of methoxy groups -OCH3 is 1. The summed E-state index contributed by atoms with van der Waals surface area (Å²) in [6.45, 7) is 10.1. The first-order valence-corrected chi connectivity index (χ1v) is 9.90. The lowest BCUT2D eigenvalue weighted by Gasteiger charge is -2.19. The Morgan fingerprint density at radius 3 is 2.48 bits per heavy atom. The van der Waals surface area contributed by atoms with E-state index in [1.54, 1.807) is 7.11 Å². The molecule has 0 aliphatic rings. The smallest absolute Gasteiger partial charge is 0.191 e. The molecule has 1 unspecified atom stereocenters. The van der Waals surface area contributed by atoms with Crippen LogP contribution < -0.4 is 20.1 Å². The van der Waals surface area contributed by atoms with Crippen LogP contribution in [0.4, 0.5) is 0 Å². The normalized spacial score (nSPS) is 12.1. The van der Waals surface area contributed by atoms with Crippen molar-refractivity contribution in [2.45, 2.75) is 53.2 Å². The fraction of sp³-hybridized carbons (Fsp3) is 0.524. The number of aliphatic imine (C=N–C) groups is 1. The molecule has 0 saturated heterocycles.